The second-order valence-electron chi connectivity index (χ2n) is 4.00. The molecule has 0 saturated carbocycles. The number of carbonyl (C=O) groups excluding carboxylic acids is 1. The van der Waals surface area contributed by atoms with Crippen LogP contribution in [0.5, 0.6) is 11.5 Å². The molecule has 0 N–H and O–H groups in total. The van der Waals surface area contributed by atoms with Crippen LogP contribution in [-0.2, 0) is 6.61 Å². The summed E-state index contributed by atoms with van der Waals surface area (Å²) >= 11 is 0. The lowest BCUT2D eigenvalue weighted by Crippen LogP contribution is -2.00. The van der Waals surface area contributed by atoms with Crippen LogP contribution in [0.1, 0.15) is 15.9 Å². The Morgan fingerprint density at radius 1 is 1.29 bits per heavy atom. The molecule has 1 heterocycles. The molecule has 0 aliphatic carbocycles. The Hall–Kier alpha value is -3.05. The Morgan fingerprint density at radius 3 is 2.71 bits per heavy atom. The van der Waals surface area contributed by atoms with Crippen LogP contribution in [0.25, 0.3) is 10.4 Å². The zero-order valence-electron chi connectivity index (χ0n) is 11.3. The molecule has 0 aliphatic rings. The summed E-state index contributed by atoms with van der Waals surface area (Å²) in [6.45, 7) is 0.304. The van der Waals surface area contributed by atoms with Gasteiger partial charge in [0.25, 0.3) is 0 Å². The topological polar surface area (TPSA) is 97.2 Å². The van der Waals surface area contributed by atoms with E-state index in [1.807, 2.05) is 12.1 Å². The van der Waals surface area contributed by atoms with Crippen LogP contribution in [-0.4, -0.2) is 18.0 Å². The van der Waals surface area contributed by atoms with Crippen LogP contribution < -0.4 is 9.47 Å². The second-order valence-corrected chi connectivity index (χ2v) is 4.00. The zero-order chi connectivity index (χ0) is 15.1. The fraction of sp³-hybridized carbons (Fsp3) is 0.143. The first-order valence-electron chi connectivity index (χ1n) is 6.03. The molecule has 0 spiro atoms. The third-order valence-corrected chi connectivity index (χ3v) is 2.69. The van der Waals surface area contributed by atoms with Gasteiger partial charge < -0.3 is 9.47 Å². The van der Waals surface area contributed by atoms with Crippen molar-refractivity contribution in [2.24, 2.45) is 5.11 Å². The molecule has 1 aromatic carbocycles. The quantitative estimate of drug-likeness (QED) is 0.478. The minimum absolute atomic E-state index is 0.235. The molecule has 0 unspecified atom stereocenters. The van der Waals surface area contributed by atoms with E-state index in [2.05, 4.69) is 15.0 Å². The molecule has 7 heteroatoms. The van der Waals surface area contributed by atoms with Crippen molar-refractivity contribution in [3.05, 3.63) is 64.3 Å². The number of pyridine rings is 1. The van der Waals surface area contributed by atoms with Crippen LogP contribution in [0.4, 0.5) is 0 Å². The van der Waals surface area contributed by atoms with Gasteiger partial charge in [-0.2, -0.15) is 0 Å². The van der Waals surface area contributed by atoms with E-state index in [9.17, 15) is 4.79 Å². The summed E-state index contributed by atoms with van der Waals surface area (Å²) in [7, 11) is 1.50. The number of aromatic nitrogens is 1. The summed E-state index contributed by atoms with van der Waals surface area (Å²) in [6.07, 6.45) is 3.33. The van der Waals surface area contributed by atoms with Crippen molar-refractivity contribution < 1.29 is 14.3 Å². The Labute approximate surface area is 120 Å². The van der Waals surface area contributed by atoms with Crippen LogP contribution in [0, 0.1) is 0 Å². The van der Waals surface area contributed by atoms with Gasteiger partial charge in [0.15, 0.2) is 11.5 Å². The molecule has 0 atom stereocenters. The standard InChI is InChI=1S/C14H12N4O3/c1-20-12-3-2-11(14(19)17-18-15)8-13(12)21-9-10-4-6-16-7-5-10/h2-8H,9H2,1H3. The molecule has 1 amide bonds. The first-order chi connectivity index (χ1) is 10.2. The van der Waals surface area contributed by atoms with E-state index in [4.69, 9.17) is 15.0 Å². The molecular weight excluding hydrogens is 272 g/mol. The Balaban J connectivity index is 2.21. The van der Waals surface area contributed by atoms with Crippen molar-refractivity contribution in [2.45, 2.75) is 6.61 Å². The molecule has 1 aromatic heterocycles. The van der Waals surface area contributed by atoms with Crippen molar-refractivity contribution in [1.29, 1.82) is 0 Å². The number of nitrogens with zero attached hydrogens (tertiary/aromatic N) is 4. The second kappa shape index (κ2) is 6.93. The summed E-state index contributed by atoms with van der Waals surface area (Å²) in [6, 6.07) is 8.22. The minimum Gasteiger partial charge on any atom is -0.493 e. The maximum atomic E-state index is 11.5. The summed E-state index contributed by atoms with van der Waals surface area (Å²) in [5, 5.41) is 3.05. The Morgan fingerprint density at radius 2 is 2.05 bits per heavy atom. The van der Waals surface area contributed by atoms with E-state index >= 15 is 0 Å². The number of hydrogen-bond acceptors (Lipinski definition) is 4. The number of carbonyl (C=O) groups is 1. The molecule has 0 aliphatic heterocycles. The van der Waals surface area contributed by atoms with Gasteiger partial charge in [0.2, 0.25) is 5.91 Å². The highest BCUT2D eigenvalue weighted by Crippen LogP contribution is 2.29. The molecule has 21 heavy (non-hydrogen) atoms. The maximum absolute atomic E-state index is 11.5. The molecule has 2 rings (SSSR count). The van der Waals surface area contributed by atoms with Crippen molar-refractivity contribution in [3.8, 4) is 11.5 Å². The number of hydrogen-bond donors (Lipinski definition) is 0. The fourth-order valence-corrected chi connectivity index (χ4v) is 1.66. The first-order valence-corrected chi connectivity index (χ1v) is 6.03. The molecule has 2 aromatic rings. The number of rotatable bonds is 5. The zero-order valence-corrected chi connectivity index (χ0v) is 11.3. The van der Waals surface area contributed by atoms with Crippen LogP contribution in [0.15, 0.2) is 47.8 Å². The van der Waals surface area contributed by atoms with Gasteiger partial charge in [-0.1, -0.05) is 0 Å². The number of benzene rings is 1. The van der Waals surface area contributed by atoms with Gasteiger partial charge in [0.05, 0.1) is 7.11 Å². The fourth-order valence-electron chi connectivity index (χ4n) is 1.66. The summed E-state index contributed by atoms with van der Waals surface area (Å²) in [4.78, 5) is 17.9. The average molecular weight is 284 g/mol. The maximum Gasteiger partial charge on any atom is 0.249 e. The summed E-state index contributed by atoms with van der Waals surface area (Å²) in [5.41, 5.74) is 9.46. The van der Waals surface area contributed by atoms with Gasteiger partial charge in [-0.05, 0) is 46.5 Å². The average Bonchev–Trinajstić information content (AvgIpc) is 2.54. The lowest BCUT2D eigenvalue weighted by molar-refractivity contribution is 0.1000. The van der Waals surface area contributed by atoms with Crippen LogP contribution >= 0.6 is 0 Å². The predicted octanol–water partition coefficient (Wildman–Crippen LogP) is 3.12. The van der Waals surface area contributed by atoms with Gasteiger partial charge >= 0.3 is 0 Å². The van der Waals surface area contributed by atoms with Crippen molar-refractivity contribution in [2.75, 3.05) is 7.11 Å². The van der Waals surface area contributed by atoms with Gasteiger partial charge in [-0.15, -0.1) is 0 Å². The summed E-state index contributed by atoms with van der Waals surface area (Å²) < 4.78 is 10.8. The number of ether oxygens (including phenoxy) is 2. The van der Waals surface area contributed by atoms with Crippen molar-refractivity contribution >= 4 is 5.91 Å². The monoisotopic (exact) mass is 284 g/mol. The van der Waals surface area contributed by atoms with Gasteiger partial charge in [0.1, 0.15) is 6.61 Å². The molecule has 106 valence electrons. The van der Waals surface area contributed by atoms with E-state index in [0.29, 0.717) is 18.1 Å². The van der Waals surface area contributed by atoms with Crippen molar-refractivity contribution in [1.82, 2.24) is 4.98 Å². The highest BCUT2D eigenvalue weighted by Gasteiger charge is 2.10. The van der Waals surface area contributed by atoms with E-state index in [0.717, 1.165) is 5.56 Å². The normalized spacial score (nSPS) is 9.57. The van der Waals surface area contributed by atoms with E-state index in [1.54, 1.807) is 18.5 Å². The van der Waals surface area contributed by atoms with Gasteiger partial charge in [0, 0.05) is 22.9 Å². The highest BCUT2D eigenvalue weighted by atomic mass is 16.5. The smallest absolute Gasteiger partial charge is 0.249 e. The van der Waals surface area contributed by atoms with Crippen LogP contribution in [0.3, 0.4) is 0 Å². The van der Waals surface area contributed by atoms with Crippen molar-refractivity contribution in [3.63, 3.8) is 0 Å². The molecule has 0 radical (unpaired) electrons. The lowest BCUT2D eigenvalue weighted by Gasteiger charge is -2.11. The largest absolute Gasteiger partial charge is 0.493 e. The van der Waals surface area contributed by atoms with Gasteiger partial charge in [-0.25, -0.2) is 0 Å². The Bertz CT molecular complexity index is 682. The number of azide groups is 1. The lowest BCUT2D eigenvalue weighted by atomic mass is 10.2. The minimum atomic E-state index is -0.672. The Kier molecular flexibility index (Phi) is 4.74. The van der Waals surface area contributed by atoms with E-state index in [1.165, 1.54) is 19.2 Å². The third-order valence-electron chi connectivity index (χ3n) is 2.69. The molecular formula is C14H12N4O3. The molecule has 0 bridgehead atoms. The van der Waals surface area contributed by atoms with Crippen LogP contribution in [0.2, 0.25) is 0 Å². The highest BCUT2D eigenvalue weighted by molar-refractivity contribution is 5.95. The third kappa shape index (κ3) is 3.71. The molecule has 7 nitrogen and oxygen atoms in total. The molecule has 0 saturated heterocycles. The summed E-state index contributed by atoms with van der Waals surface area (Å²) in [5.74, 6) is 0.212. The number of amides is 1. The predicted molar refractivity (Wildman–Crippen MR) is 75.0 cm³/mol. The van der Waals surface area contributed by atoms with Gasteiger partial charge in [-0.3, -0.25) is 9.78 Å². The number of methoxy groups -OCH3 is 1. The SMILES string of the molecule is COc1ccc(C(=O)N=[N+]=[N-])cc1OCc1ccncc1. The van der Waals surface area contributed by atoms with E-state index < -0.39 is 5.91 Å². The molecule has 0 fully saturated rings. The first kappa shape index (κ1) is 14.4. The van der Waals surface area contributed by atoms with E-state index in [-0.39, 0.29) is 5.56 Å².